The van der Waals surface area contributed by atoms with Gasteiger partial charge in [0, 0.05) is 32.1 Å². The van der Waals surface area contributed by atoms with Gasteiger partial charge in [-0.15, -0.1) is 0 Å². The Morgan fingerprint density at radius 1 is 1.24 bits per heavy atom. The topological polar surface area (TPSA) is 47.9 Å². The van der Waals surface area contributed by atoms with Gasteiger partial charge in [0.2, 0.25) is 0 Å². The molecule has 1 saturated carbocycles. The van der Waals surface area contributed by atoms with Crippen LogP contribution in [0.15, 0.2) is 35.3 Å². The summed E-state index contributed by atoms with van der Waals surface area (Å²) in [6.07, 6.45) is 4.20. The quantitative estimate of drug-likeness (QED) is 0.652. The van der Waals surface area contributed by atoms with Crippen LogP contribution in [-0.4, -0.2) is 48.2 Å². The zero-order valence-electron chi connectivity index (χ0n) is 15.7. The smallest absolute Gasteiger partial charge is 0.193 e. The summed E-state index contributed by atoms with van der Waals surface area (Å²) >= 11 is 0. The van der Waals surface area contributed by atoms with Gasteiger partial charge in [-0.2, -0.15) is 0 Å². The molecule has 4 atom stereocenters. The predicted molar refractivity (Wildman–Crippen MR) is 104 cm³/mol. The molecule has 0 radical (unpaired) electrons. The van der Waals surface area contributed by atoms with Crippen molar-refractivity contribution in [2.75, 3.05) is 26.2 Å². The Bertz CT molecular complexity index is 560. The third kappa shape index (κ3) is 4.55. The van der Waals surface area contributed by atoms with E-state index >= 15 is 0 Å². The summed E-state index contributed by atoms with van der Waals surface area (Å²) in [7, 11) is 0. The summed E-state index contributed by atoms with van der Waals surface area (Å²) in [5.74, 6) is 2.61. The third-order valence-corrected chi connectivity index (χ3v) is 5.86. The van der Waals surface area contributed by atoms with E-state index in [1.54, 1.807) is 0 Å². The second-order valence-corrected chi connectivity index (χ2v) is 7.68. The van der Waals surface area contributed by atoms with Crippen LogP contribution in [0.5, 0.6) is 0 Å². The lowest BCUT2D eigenvalue weighted by atomic mass is 9.82. The number of hydrogen-bond donors (Lipinski definition) is 2. The maximum absolute atomic E-state index is 10.0. The Hall–Kier alpha value is -1.55. The highest BCUT2D eigenvalue weighted by Gasteiger charge is 2.29. The van der Waals surface area contributed by atoms with Crippen molar-refractivity contribution >= 4 is 5.96 Å². The van der Waals surface area contributed by atoms with E-state index in [9.17, 15) is 5.11 Å². The second kappa shape index (κ2) is 8.70. The molecule has 4 heteroatoms. The first kappa shape index (κ1) is 18.2. The van der Waals surface area contributed by atoms with Crippen molar-refractivity contribution in [3.05, 3.63) is 35.9 Å². The number of guanidine groups is 1. The number of likely N-dealkylation sites (tertiary alicyclic amines) is 1. The zero-order chi connectivity index (χ0) is 17.6. The molecule has 4 unspecified atom stereocenters. The SMILES string of the molecule is CCNC(=NCC1CCCC1O)N1CCC(c2ccccc2)C(C)C1. The highest BCUT2D eigenvalue weighted by molar-refractivity contribution is 5.80. The van der Waals surface area contributed by atoms with Crippen molar-refractivity contribution in [3.63, 3.8) is 0 Å². The van der Waals surface area contributed by atoms with E-state index in [0.29, 0.717) is 17.8 Å². The van der Waals surface area contributed by atoms with Crippen LogP contribution in [0.3, 0.4) is 0 Å². The third-order valence-electron chi connectivity index (χ3n) is 5.86. The maximum Gasteiger partial charge on any atom is 0.193 e. The highest BCUT2D eigenvalue weighted by Crippen LogP contribution is 2.32. The van der Waals surface area contributed by atoms with E-state index in [4.69, 9.17) is 4.99 Å². The average molecular weight is 344 g/mol. The van der Waals surface area contributed by atoms with Crippen molar-refractivity contribution in [3.8, 4) is 0 Å². The first-order chi connectivity index (χ1) is 12.2. The van der Waals surface area contributed by atoms with Crippen LogP contribution in [0.2, 0.25) is 0 Å². The molecule has 138 valence electrons. The maximum atomic E-state index is 10.0. The molecule has 2 aliphatic rings. The lowest BCUT2D eigenvalue weighted by Crippen LogP contribution is -2.48. The summed E-state index contributed by atoms with van der Waals surface area (Å²) in [5, 5.41) is 13.5. The van der Waals surface area contributed by atoms with Gasteiger partial charge in [0.25, 0.3) is 0 Å². The molecule has 1 aromatic carbocycles. The summed E-state index contributed by atoms with van der Waals surface area (Å²) < 4.78 is 0. The Morgan fingerprint density at radius 3 is 2.68 bits per heavy atom. The number of piperidine rings is 1. The molecule has 0 spiro atoms. The molecule has 2 fully saturated rings. The van der Waals surface area contributed by atoms with Crippen molar-refractivity contribution in [2.24, 2.45) is 16.8 Å². The van der Waals surface area contributed by atoms with Crippen molar-refractivity contribution in [1.29, 1.82) is 0 Å². The van der Waals surface area contributed by atoms with E-state index < -0.39 is 0 Å². The Labute approximate surface area is 152 Å². The van der Waals surface area contributed by atoms with Crippen LogP contribution < -0.4 is 5.32 Å². The number of nitrogens with one attached hydrogen (secondary N) is 1. The van der Waals surface area contributed by atoms with Gasteiger partial charge >= 0.3 is 0 Å². The number of aliphatic imine (C=N–C) groups is 1. The minimum absolute atomic E-state index is 0.158. The number of nitrogens with zero attached hydrogens (tertiary/aromatic N) is 2. The Balaban J connectivity index is 1.63. The zero-order valence-corrected chi connectivity index (χ0v) is 15.7. The molecule has 4 nitrogen and oxygen atoms in total. The predicted octanol–water partition coefficient (Wildman–Crippen LogP) is 3.24. The molecule has 1 saturated heterocycles. The van der Waals surface area contributed by atoms with Crippen LogP contribution in [0.1, 0.15) is 51.0 Å². The van der Waals surface area contributed by atoms with E-state index in [1.807, 2.05) is 0 Å². The van der Waals surface area contributed by atoms with Crippen molar-refractivity contribution < 1.29 is 5.11 Å². The molecule has 3 rings (SSSR count). The molecule has 0 amide bonds. The number of hydrogen-bond acceptors (Lipinski definition) is 2. The monoisotopic (exact) mass is 343 g/mol. The lowest BCUT2D eigenvalue weighted by Gasteiger charge is -2.39. The van der Waals surface area contributed by atoms with Crippen LogP contribution in [0, 0.1) is 11.8 Å². The van der Waals surface area contributed by atoms with Gasteiger partial charge in [0.15, 0.2) is 5.96 Å². The molecule has 0 bridgehead atoms. The van der Waals surface area contributed by atoms with Crippen LogP contribution in [0.4, 0.5) is 0 Å². The standard InChI is InChI=1S/C21H33N3O/c1-3-22-21(23-14-18-10-7-11-20(18)25)24-13-12-19(16(2)15-24)17-8-5-4-6-9-17/h4-6,8-9,16,18-20,25H,3,7,10-15H2,1-2H3,(H,22,23). The minimum atomic E-state index is -0.158. The summed E-state index contributed by atoms with van der Waals surface area (Å²) in [4.78, 5) is 7.28. The fraction of sp³-hybridized carbons (Fsp3) is 0.667. The molecule has 1 aromatic rings. The molecule has 2 N–H and O–H groups in total. The van der Waals surface area contributed by atoms with Crippen LogP contribution >= 0.6 is 0 Å². The summed E-state index contributed by atoms with van der Waals surface area (Å²) in [6, 6.07) is 10.9. The number of aliphatic hydroxyl groups excluding tert-OH is 1. The summed E-state index contributed by atoms with van der Waals surface area (Å²) in [5.41, 5.74) is 1.46. The first-order valence-electron chi connectivity index (χ1n) is 9.95. The van der Waals surface area contributed by atoms with Crippen LogP contribution in [0.25, 0.3) is 0 Å². The molecular weight excluding hydrogens is 310 g/mol. The number of aliphatic hydroxyl groups is 1. The minimum Gasteiger partial charge on any atom is -0.393 e. The highest BCUT2D eigenvalue weighted by atomic mass is 16.3. The van der Waals surface area contributed by atoms with Gasteiger partial charge in [-0.25, -0.2) is 0 Å². The van der Waals surface area contributed by atoms with Gasteiger partial charge in [-0.3, -0.25) is 4.99 Å². The first-order valence-corrected chi connectivity index (χ1v) is 9.95. The van der Waals surface area contributed by atoms with Gasteiger partial charge in [-0.05, 0) is 43.6 Å². The average Bonchev–Trinajstić information content (AvgIpc) is 3.04. The van der Waals surface area contributed by atoms with E-state index in [2.05, 4.69) is 54.4 Å². The van der Waals surface area contributed by atoms with Crippen molar-refractivity contribution in [1.82, 2.24) is 10.2 Å². The molecule has 0 aromatic heterocycles. The normalized spacial score (nSPS) is 30.5. The molecule has 25 heavy (non-hydrogen) atoms. The Kier molecular flexibility index (Phi) is 6.35. The molecule has 1 heterocycles. The van der Waals surface area contributed by atoms with Crippen LogP contribution in [-0.2, 0) is 0 Å². The second-order valence-electron chi connectivity index (χ2n) is 7.68. The van der Waals surface area contributed by atoms with Gasteiger partial charge in [0.05, 0.1) is 6.10 Å². The fourth-order valence-corrected chi connectivity index (χ4v) is 4.39. The van der Waals surface area contributed by atoms with E-state index in [0.717, 1.165) is 51.4 Å². The van der Waals surface area contributed by atoms with E-state index in [-0.39, 0.29) is 6.10 Å². The van der Waals surface area contributed by atoms with Crippen molar-refractivity contribution in [2.45, 2.75) is 51.6 Å². The summed E-state index contributed by atoms with van der Waals surface area (Å²) in [6.45, 7) is 8.20. The molecule has 1 aliphatic heterocycles. The molecular formula is C21H33N3O. The Morgan fingerprint density at radius 2 is 2.04 bits per heavy atom. The number of benzene rings is 1. The van der Waals surface area contributed by atoms with Gasteiger partial charge in [0.1, 0.15) is 0 Å². The van der Waals surface area contributed by atoms with Gasteiger partial charge < -0.3 is 15.3 Å². The number of rotatable bonds is 4. The fourth-order valence-electron chi connectivity index (χ4n) is 4.39. The van der Waals surface area contributed by atoms with E-state index in [1.165, 1.54) is 12.0 Å². The van der Waals surface area contributed by atoms with Gasteiger partial charge in [-0.1, -0.05) is 43.7 Å². The molecule has 1 aliphatic carbocycles. The lowest BCUT2D eigenvalue weighted by molar-refractivity contribution is 0.136. The largest absolute Gasteiger partial charge is 0.393 e.